The van der Waals surface area contributed by atoms with Gasteiger partial charge in [-0.15, -0.1) is 0 Å². The second kappa shape index (κ2) is 9.26. The predicted octanol–water partition coefficient (Wildman–Crippen LogP) is 2.53. The molecule has 7 heteroatoms. The molecule has 26 heavy (non-hydrogen) atoms. The quantitative estimate of drug-likeness (QED) is 0.690. The van der Waals surface area contributed by atoms with Gasteiger partial charge in [-0.05, 0) is 49.9 Å². The van der Waals surface area contributed by atoms with E-state index in [0.717, 1.165) is 5.75 Å². The van der Waals surface area contributed by atoms with Crippen LogP contribution in [0.4, 0.5) is 0 Å². The standard InChI is InChI=1S/C19H29NO5S/c1-4-24-16-5-7-17(8-6-16)25-13-19(21)20-11-9-18(10-12-20)26(22,23)14-15(2)3/h5-8,15,18H,4,9-14H2,1-3H3. The molecule has 1 saturated heterocycles. The highest BCUT2D eigenvalue weighted by molar-refractivity contribution is 7.92. The summed E-state index contributed by atoms with van der Waals surface area (Å²) in [5.74, 6) is 1.60. The maximum absolute atomic E-state index is 12.3. The summed E-state index contributed by atoms with van der Waals surface area (Å²) >= 11 is 0. The van der Waals surface area contributed by atoms with Crippen LogP contribution in [0.1, 0.15) is 33.6 Å². The molecule has 146 valence electrons. The predicted molar refractivity (Wildman–Crippen MR) is 101 cm³/mol. The molecule has 0 saturated carbocycles. The minimum absolute atomic E-state index is 0.0443. The van der Waals surface area contributed by atoms with Crippen LogP contribution in [0.5, 0.6) is 11.5 Å². The Balaban J connectivity index is 1.79. The number of amides is 1. The molecule has 0 aliphatic carbocycles. The summed E-state index contributed by atoms with van der Waals surface area (Å²) in [6.07, 6.45) is 1.01. The highest BCUT2D eigenvalue weighted by Crippen LogP contribution is 2.21. The van der Waals surface area contributed by atoms with Crippen molar-refractivity contribution in [1.82, 2.24) is 4.90 Å². The van der Waals surface area contributed by atoms with Crippen molar-refractivity contribution in [3.05, 3.63) is 24.3 Å². The molecule has 1 amide bonds. The lowest BCUT2D eigenvalue weighted by Gasteiger charge is -2.32. The number of carbonyl (C=O) groups is 1. The van der Waals surface area contributed by atoms with Crippen molar-refractivity contribution in [3.63, 3.8) is 0 Å². The molecule has 0 atom stereocenters. The van der Waals surface area contributed by atoms with Crippen LogP contribution in [0.3, 0.4) is 0 Å². The van der Waals surface area contributed by atoms with Gasteiger partial charge in [0.25, 0.3) is 5.91 Å². The van der Waals surface area contributed by atoms with E-state index < -0.39 is 9.84 Å². The Morgan fingerprint density at radius 1 is 1.12 bits per heavy atom. The molecular weight excluding hydrogens is 354 g/mol. The highest BCUT2D eigenvalue weighted by atomic mass is 32.2. The van der Waals surface area contributed by atoms with Crippen molar-refractivity contribution >= 4 is 15.7 Å². The lowest BCUT2D eigenvalue weighted by Crippen LogP contribution is -2.45. The van der Waals surface area contributed by atoms with Crippen LogP contribution in [-0.2, 0) is 14.6 Å². The van der Waals surface area contributed by atoms with E-state index in [1.165, 1.54) is 0 Å². The maximum Gasteiger partial charge on any atom is 0.260 e. The molecule has 1 aromatic carbocycles. The zero-order valence-electron chi connectivity index (χ0n) is 15.8. The summed E-state index contributed by atoms with van der Waals surface area (Å²) in [6.45, 7) is 7.23. The molecule has 0 spiro atoms. The van der Waals surface area contributed by atoms with Crippen LogP contribution >= 0.6 is 0 Å². The number of likely N-dealkylation sites (tertiary alicyclic amines) is 1. The first-order valence-corrected chi connectivity index (χ1v) is 10.9. The fraction of sp³-hybridized carbons (Fsp3) is 0.632. The van der Waals surface area contributed by atoms with Crippen LogP contribution in [0.2, 0.25) is 0 Å². The first kappa shape index (κ1) is 20.6. The molecule has 1 aromatic rings. The first-order chi connectivity index (χ1) is 12.3. The fourth-order valence-electron chi connectivity index (χ4n) is 3.10. The van der Waals surface area contributed by atoms with Crippen LogP contribution in [0, 0.1) is 5.92 Å². The van der Waals surface area contributed by atoms with Gasteiger partial charge in [0, 0.05) is 13.1 Å². The molecule has 0 bridgehead atoms. The van der Waals surface area contributed by atoms with Crippen LogP contribution in [0.15, 0.2) is 24.3 Å². The Hall–Kier alpha value is -1.76. The summed E-state index contributed by atoms with van der Waals surface area (Å²) in [4.78, 5) is 14.0. The van der Waals surface area contributed by atoms with Crippen molar-refractivity contribution in [2.75, 3.05) is 32.1 Å². The third kappa shape index (κ3) is 5.90. The summed E-state index contributed by atoms with van der Waals surface area (Å²) < 4.78 is 35.5. The van der Waals surface area contributed by atoms with Crippen LogP contribution in [0.25, 0.3) is 0 Å². The molecule has 2 rings (SSSR count). The number of rotatable bonds is 8. The topological polar surface area (TPSA) is 72.9 Å². The second-order valence-corrected chi connectivity index (χ2v) is 9.32. The minimum Gasteiger partial charge on any atom is -0.494 e. The van der Waals surface area contributed by atoms with Gasteiger partial charge in [-0.1, -0.05) is 13.8 Å². The number of hydrogen-bond donors (Lipinski definition) is 0. The summed E-state index contributed by atoms with van der Waals surface area (Å²) in [5, 5.41) is -0.332. The zero-order valence-corrected chi connectivity index (χ0v) is 16.6. The van der Waals surface area contributed by atoms with Gasteiger partial charge >= 0.3 is 0 Å². The average molecular weight is 384 g/mol. The Labute approximate surface area is 156 Å². The molecule has 0 unspecified atom stereocenters. The smallest absolute Gasteiger partial charge is 0.260 e. The van der Waals surface area contributed by atoms with Gasteiger partial charge in [0.15, 0.2) is 16.4 Å². The van der Waals surface area contributed by atoms with Crippen molar-refractivity contribution in [3.8, 4) is 11.5 Å². The Kier molecular flexibility index (Phi) is 7.32. The van der Waals surface area contributed by atoms with Gasteiger partial charge < -0.3 is 14.4 Å². The monoisotopic (exact) mass is 383 g/mol. The zero-order chi connectivity index (χ0) is 19.2. The van der Waals surface area contributed by atoms with Gasteiger partial charge in [0.1, 0.15) is 11.5 Å². The Morgan fingerprint density at radius 3 is 2.15 bits per heavy atom. The maximum atomic E-state index is 12.3. The SMILES string of the molecule is CCOc1ccc(OCC(=O)N2CCC(S(=O)(=O)CC(C)C)CC2)cc1. The highest BCUT2D eigenvalue weighted by Gasteiger charge is 2.31. The van der Waals surface area contributed by atoms with Gasteiger partial charge in [0.2, 0.25) is 0 Å². The molecule has 1 aliphatic heterocycles. The van der Waals surface area contributed by atoms with E-state index in [1.807, 2.05) is 20.8 Å². The molecule has 0 aromatic heterocycles. The number of sulfone groups is 1. The number of carbonyl (C=O) groups excluding carboxylic acids is 1. The van der Waals surface area contributed by atoms with Gasteiger partial charge in [0.05, 0.1) is 17.6 Å². The number of benzene rings is 1. The summed E-state index contributed by atoms with van der Waals surface area (Å²) in [7, 11) is -3.08. The fourth-order valence-corrected chi connectivity index (χ4v) is 5.23. The van der Waals surface area contributed by atoms with E-state index in [1.54, 1.807) is 29.2 Å². The van der Waals surface area contributed by atoms with Gasteiger partial charge in [-0.2, -0.15) is 0 Å². The lowest BCUT2D eigenvalue weighted by atomic mass is 10.1. The molecule has 0 radical (unpaired) electrons. The van der Waals surface area contributed by atoms with Crippen molar-refractivity contribution in [2.45, 2.75) is 38.9 Å². The Bertz CT molecular complexity index is 676. The molecule has 1 fully saturated rings. The molecule has 1 heterocycles. The Morgan fingerprint density at radius 2 is 1.65 bits per heavy atom. The third-order valence-electron chi connectivity index (χ3n) is 4.37. The number of piperidine rings is 1. The lowest BCUT2D eigenvalue weighted by molar-refractivity contribution is -0.134. The van der Waals surface area contributed by atoms with Gasteiger partial charge in [-0.25, -0.2) is 8.42 Å². The third-order valence-corrected chi connectivity index (χ3v) is 6.98. The average Bonchev–Trinajstić information content (AvgIpc) is 2.60. The van der Waals surface area contributed by atoms with E-state index in [0.29, 0.717) is 38.3 Å². The van der Waals surface area contributed by atoms with E-state index in [4.69, 9.17) is 9.47 Å². The van der Waals surface area contributed by atoms with Crippen molar-refractivity contribution in [2.24, 2.45) is 5.92 Å². The molecule has 0 N–H and O–H groups in total. The molecule has 1 aliphatic rings. The first-order valence-electron chi connectivity index (χ1n) is 9.16. The molecular formula is C19H29NO5S. The normalized spacial score (nSPS) is 15.9. The van der Waals surface area contributed by atoms with E-state index >= 15 is 0 Å². The number of ether oxygens (including phenoxy) is 2. The van der Waals surface area contributed by atoms with E-state index in [9.17, 15) is 13.2 Å². The number of nitrogens with zero attached hydrogens (tertiary/aromatic N) is 1. The van der Waals surface area contributed by atoms with E-state index in [-0.39, 0.29) is 29.4 Å². The second-order valence-electron chi connectivity index (χ2n) is 7.00. The van der Waals surface area contributed by atoms with Crippen molar-refractivity contribution < 1.29 is 22.7 Å². The van der Waals surface area contributed by atoms with Crippen LogP contribution < -0.4 is 9.47 Å². The number of hydrogen-bond acceptors (Lipinski definition) is 5. The summed E-state index contributed by atoms with van der Waals surface area (Å²) in [6, 6.07) is 7.13. The van der Waals surface area contributed by atoms with Gasteiger partial charge in [-0.3, -0.25) is 4.79 Å². The largest absolute Gasteiger partial charge is 0.494 e. The van der Waals surface area contributed by atoms with Crippen LogP contribution in [-0.4, -0.2) is 56.5 Å². The van der Waals surface area contributed by atoms with E-state index in [2.05, 4.69) is 0 Å². The summed E-state index contributed by atoms with van der Waals surface area (Å²) in [5.41, 5.74) is 0. The molecule has 6 nitrogen and oxygen atoms in total. The van der Waals surface area contributed by atoms with Crippen molar-refractivity contribution in [1.29, 1.82) is 0 Å². The minimum atomic E-state index is -3.08.